The predicted octanol–water partition coefficient (Wildman–Crippen LogP) is 2.55. The van der Waals surface area contributed by atoms with Gasteiger partial charge in [-0.1, -0.05) is 33.6 Å². The van der Waals surface area contributed by atoms with Crippen LogP contribution in [0.5, 0.6) is 0 Å². The monoisotopic (exact) mass is 167 g/mol. The van der Waals surface area contributed by atoms with Gasteiger partial charge in [-0.2, -0.15) is 0 Å². The minimum Gasteiger partial charge on any atom is -0.327 e. The van der Waals surface area contributed by atoms with Crippen molar-refractivity contribution in [3.8, 4) is 0 Å². The Hall–Kier alpha value is -0.0400. The van der Waals surface area contributed by atoms with E-state index in [2.05, 4.69) is 20.8 Å². The fourth-order valence-corrected chi connectivity index (χ4v) is 3.36. The molecule has 0 radical (unpaired) electrons. The highest BCUT2D eigenvalue weighted by Gasteiger charge is 2.65. The van der Waals surface area contributed by atoms with Crippen LogP contribution in [0.3, 0.4) is 0 Å². The van der Waals surface area contributed by atoms with Crippen LogP contribution < -0.4 is 5.73 Å². The standard InChI is InChI=1S/C11H21N/c1-4-11(6-5-7-11)8-9(12)10(8,2)3/h8-9H,4-7,12H2,1-3H3. The fraction of sp³-hybridized carbons (Fsp3) is 1.00. The predicted molar refractivity (Wildman–Crippen MR) is 51.8 cm³/mol. The lowest BCUT2D eigenvalue weighted by molar-refractivity contribution is 0.0768. The average Bonchev–Trinajstić information content (AvgIpc) is 2.38. The molecule has 2 N–H and O–H groups in total. The Bertz CT molecular complexity index is 186. The molecule has 12 heavy (non-hydrogen) atoms. The maximum absolute atomic E-state index is 6.12. The van der Waals surface area contributed by atoms with Gasteiger partial charge in [-0.15, -0.1) is 0 Å². The molecule has 0 spiro atoms. The van der Waals surface area contributed by atoms with E-state index < -0.39 is 0 Å². The van der Waals surface area contributed by atoms with Gasteiger partial charge >= 0.3 is 0 Å². The van der Waals surface area contributed by atoms with Crippen molar-refractivity contribution in [3.63, 3.8) is 0 Å². The van der Waals surface area contributed by atoms with Crippen molar-refractivity contribution in [2.24, 2.45) is 22.5 Å². The topological polar surface area (TPSA) is 26.0 Å². The van der Waals surface area contributed by atoms with Crippen molar-refractivity contribution >= 4 is 0 Å². The van der Waals surface area contributed by atoms with E-state index in [1.165, 1.54) is 25.7 Å². The maximum Gasteiger partial charge on any atom is 0.0133 e. The van der Waals surface area contributed by atoms with E-state index in [1.54, 1.807) is 0 Å². The van der Waals surface area contributed by atoms with E-state index in [0.717, 1.165) is 5.92 Å². The number of rotatable bonds is 2. The Morgan fingerprint density at radius 1 is 1.33 bits per heavy atom. The van der Waals surface area contributed by atoms with Gasteiger partial charge in [0.1, 0.15) is 0 Å². The fourth-order valence-electron chi connectivity index (χ4n) is 3.36. The van der Waals surface area contributed by atoms with Gasteiger partial charge in [-0.05, 0) is 29.6 Å². The van der Waals surface area contributed by atoms with Crippen LogP contribution in [-0.2, 0) is 0 Å². The van der Waals surface area contributed by atoms with E-state index >= 15 is 0 Å². The van der Waals surface area contributed by atoms with Crippen LogP contribution in [-0.4, -0.2) is 6.04 Å². The summed E-state index contributed by atoms with van der Waals surface area (Å²) in [5, 5.41) is 0. The van der Waals surface area contributed by atoms with Crippen molar-refractivity contribution in [1.29, 1.82) is 0 Å². The van der Waals surface area contributed by atoms with E-state index in [-0.39, 0.29) is 0 Å². The van der Waals surface area contributed by atoms with Crippen molar-refractivity contribution in [3.05, 3.63) is 0 Å². The summed E-state index contributed by atoms with van der Waals surface area (Å²) in [5.41, 5.74) is 7.21. The summed E-state index contributed by atoms with van der Waals surface area (Å²) in [4.78, 5) is 0. The van der Waals surface area contributed by atoms with Gasteiger partial charge in [0, 0.05) is 6.04 Å². The number of hydrogen-bond acceptors (Lipinski definition) is 1. The third-order valence-corrected chi connectivity index (χ3v) is 4.62. The molecule has 2 unspecified atom stereocenters. The highest BCUT2D eigenvalue weighted by atomic mass is 14.9. The van der Waals surface area contributed by atoms with Gasteiger partial charge in [0.05, 0.1) is 0 Å². The molecule has 0 aromatic heterocycles. The second-order valence-electron chi connectivity index (χ2n) is 5.39. The Labute approximate surface area is 75.7 Å². The molecule has 2 aliphatic carbocycles. The van der Waals surface area contributed by atoms with E-state index in [4.69, 9.17) is 5.73 Å². The summed E-state index contributed by atoms with van der Waals surface area (Å²) < 4.78 is 0. The smallest absolute Gasteiger partial charge is 0.0133 e. The SMILES string of the molecule is CCC1(C2C(N)C2(C)C)CCC1. The molecule has 0 heterocycles. The molecule has 2 fully saturated rings. The molecule has 0 aliphatic heterocycles. The molecule has 0 bridgehead atoms. The third kappa shape index (κ3) is 0.834. The van der Waals surface area contributed by atoms with Crippen molar-refractivity contribution < 1.29 is 0 Å². The van der Waals surface area contributed by atoms with E-state index in [9.17, 15) is 0 Å². The highest BCUT2D eigenvalue weighted by molar-refractivity contribution is 5.17. The molecule has 0 amide bonds. The Morgan fingerprint density at radius 2 is 1.83 bits per heavy atom. The second kappa shape index (κ2) is 2.25. The van der Waals surface area contributed by atoms with Gasteiger partial charge in [0.25, 0.3) is 0 Å². The molecular weight excluding hydrogens is 146 g/mol. The first kappa shape index (κ1) is 8.55. The Balaban J connectivity index is 2.11. The summed E-state index contributed by atoms with van der Waals surface area (Å²) in [6.07, 6.45) is 5.65. The molecular formula is C11H21N. The molecule has 2 aliphatic rings. The lowest BCUT2D eigenvalue weighted by Crippen LogP contribution is -2.33. The normalized spacial score (nSPS) is 42.0. The Morgan fingerprint density at radius 3 is 1.92 bits per heavy atom. The average molecular weight is 167 g/mol. The first-order valence-corrected chi connectivity index (χ1v) is 5.30. The summed E-state index contributed by atoms with van der Waals surface area (Å²) >= 11 is 0. The summed E-state index contributed by atoms with van der Waals surface area (Å²) in [6, 6.07) is 0.484. The molecule has 0 aromatic rings. The minimum absolute atomic E-state index is 0.441. The quantitative estimate of drug-likeness (QED) is 0.672. The summed E-state index contributed by atoms with van der Waals surface area (Å²) in [6.45, 7) is 7.00. The highest BCUT2D eigenvalue weighted by Crippen LogP contribution is 2.67. The van der Waals surface area contributed by atoms with E-state index in [1.807, 2.05) is 0 Å². The molecule has 1 heteroatoms. The van der Waals surface area contributed by atoms with Crippen molar-refractivity contribution in [1.82, 2.24) is 0 Å². The van der Waals surface area contributed by atoms with E-state index in [0.29, 0.717) is 16.9 Å². The zero-order chi connectivity index (χ0) is 8.98. The molecule has 2 saturated carbocycles. The van der Waals surface area contributed by atoms with Crippen LogP contribution in [0.2, 0.25) is 0 Å². The molecule has 0 aromatic carbocycles. The lowest BCUT2D eigenvalue weighted by Gasteiger charge is -2.43. The summed E-state index contributed by atoms with van der Waals surface area (Å²) in [5.74, 6) is 0.823. The van der Waals surface area contributed by atoms with Gasteiger partial charge in [0.15, 0.2) is 0 Å². The molecule has 1 nitrogen and oxygen atoms in total. The van der Waals surface area contributed by atoms with Crippen molar-refractivity contribution in [2.75, 3.05) is 0 Å². The third-order valence-electron chi connectivity index (χ3n) is 4.62. The molecule has 2 atom stereocenters. The number of hydrogen-bond donors (Lipinski definition) is 1. The molecule has 0 saturated heterocycles. The van der Waals surface area contributed by atoms with Gasteiger partial charge in [0.2, 0.25) is 0 Å². The lowest BCUT2D eigenvalue weighted by atomic mass is 9.62. The van der Waals surface area contributed by atoms with Crippen LogP contribution in [0.25, 0.3) is 0 Å². The largest absolute Gasteiger partial charge is 0.327 e. The first-order valence-electron chi connectivity index (χ1n) is 5.30. The maximum atomic E-state index is 6.12. The zero-order valence-corrected chi connectivity index (χ0v) is 8.56. The van der Waals surface area contributed by atoms with Crippen LogP contribution in [0, 0.1) is 16.7 Å². The minimum atomic E-state index is 0.441. The second-order valence-corrected chi connectivity index (χ2v) is 5.39. The van der Waals surface area contributed by atoms with Gasteiger partial charge in [-0.25, -0.2) is 0 Å². The van der Waals surface area contributed by atoms with Crippen LogP contribution >= 0.6 is 0 Å². The van der Waals surface area contributed by atoms with Crippen LogP contribution in [0.15, 0.2) is 0 Å². The number of nitrogens with two attached hydrogens (primary N) is 1. The van der Waals surface area contributed by atoms with Crippen LogP contribution in [0.4, 0.5) is 0 Å². The van der Waals surface area contributed by atoms with Gasteiger partial charge < -0.3 is 5.73 Å². The molecule has 70 valence electrons. The summed E-state index contributed by atoms with van der Waals surface area (Å²) in [7, 11) is 0. The Kier molecular flexibility index (Phi) is 1.61. The van der Waals surface area contributed by atoms with Crippen LogP contribution in [0.1, 0.15) is 46.5 Å². The molecule has 2 rings (SSSR count). The van der Waals surface area contributed by atoms with Crippen molar-refractivity contribution in [2.45, 2.75) is 52.5 Å². The zero-order valence-electron chi connectivity index (χ0n) is 8.56. The van der Waals surface area contributed by atoms with Gasteiger partial charge in [-0.3, -0.25) is 0 Å². The first-order chi connectivity index (χ1) is 5.54.